The second-order valence-corrected chi connectivity index (χ2v) is 4.79. The Morgan fingerprint density at radius 3 is 2.89 bits per heavy atom. The molecular formula is C13H21N3O2. The smallest absolute Gasteiger partial charge is 0.256 e. The number of nitrogens with zero attached hydrogens (tertiary/aromatic N) is 1. The topological polar surface area (TPSA) is 67.0 Å². The summed E-state index contributed by atoms with van der Waals surface area (Å²) in [5, 5.41) is 3.20. The summed E-state index contributed by atoms with van der Waals surface area (Å²) in [6.07, 6.45) is 2.54. The number of anilines is 1. The van der Waals surface area contributed by atoms with Crippen LogP contribution >= 0.6 is 0 Å². The van der Waals surface area contributed by atoms with Gasteiger partial charge in [-0.1, -0.05) is 6.92 Å². The summed E-state index contributed by atoms with van der Waals surface area (Å²) in [5.74, 6) is 1.34. The third-order valence-corrected chi connectivity index (χ3v) is 3.55. The van der Waals surface area contributed by atoms with Crippen LogP contribution in [0, 0.1) is 0 Å². The van der Waals surface area contributed by atoms with E-state index < -0.39 is 5.60 Å². The van der Waals surface area contributed by atoms with Crippen molar-refractivity contribution >= 4 is 5.82 Å². The van der Waals surface area contributed by atoms with Crippen LogP contribution in [0.5, 0.6) is 0 Å². The Morgan fingerprint density at radius 1 is 1.44 bits per heavy atom. The number of H-pyrrole nitrogens is 1. The van der Waals surface area contributed by atoms with E-state index in [1.807, 2.05) is 20.8 Å². The van der Waals surface area contributed by atoms with Crippen molar-refractivity contribution in [2.45, 2.75) is 45.6 Å². The van der Waals surface area contributed by atoms with Crippen LogP contribution in [0.3, 0.4) is 0 Å². The predicted octanol–water partition coefficient (Wildman–Crippen LogP) is 1.79. The molecule has 0 fully saturated rings. The predicted molar refractivity (Wildman–Crippen MR) is 70.9 cm³/mol. The highest BCUT2D eigenvalue weighted by Gasteiger charge is 2.29. The highest BCUT2D eigenvalue weighted by atomic mass is 16.5. The molecule has 2 N–H and O–H groups in total. The normalized spacial score (nSPS) is 17.7. The SMILES string of the molecule is CCOC(C)(CC)c1nc2c(c(=O)[nH]1)CCCN2. The van der Waals surface area contributed by atoms with Crippen LogP contribution in [0.15, 0.2) is 4.79 Å². The van der Waals surface area contributed by atoms with Crippen LogP contribution in [0.1, 0.15) is 45.0 Å². The lowest BCUT2D eigenvalue weighted by molar-refractivity contribution is -0.0391. The van der Waals surface area contributed by atoms with Crippen molar-refractivity contribution in [3.8, 4) is 0 Å². The number of hydrogen-bond donors (Lipinski definition) is 2. The van der Waals surface area contributed by atoms with E-state index >= 15 is 0 Å². The molecule has 2 rings (SSSR count). The highest BCUT2D eigenvalue weighted by Crippen LogP contribution is 2.27. The van der Waals surface area contributed by atoms with Crippen molar-refractivity contribution in [2.24, 2.45) is 0 Å². The molecule has 1 unspecified atom stereocenters. The Hall–Kier alpha value is -1.36. The van der Waals surface area contributed by atoms with E-state index in [1.165, 1.54) is 0 Å². The average molecular weight is 251 g/mol. The molecule has 5 nitrogen and oxygen atoms in total. The maximum atomic E-state index is 12.1. The largest absolute Gasteiger partial charge is 0.370 e. The van der Waals surface area contributed by atoms with E-state index in [4.69, 9.17) is 4.74 Å². The zero-order valence-corrected chi connectivity index (χ0v) is 11.3. The molecule has 1 aromatic rings. The van der Waals surface area contributed by atoms with E-state index in [2.05, 4.69) is 15.3 Å². The molecular weight excluding hydrogens is 230 g/mol. The molecule has 0 spiro atoms. The highest BCUT2D eigenvalue weighted by molar-refractivity contribution is 5.45. The van der Waals surface area contributed by atoms with Gasteiger partial charge in [-0.25, -0.2) is 4.98 Å². The monoisotopic (exact) mass is 251 g/mol. The van der Waals surface area contributed by atoms with E-state index in [-0.39, 0.29) is 5.56 Å². The van der Waals surface area contributed by atoms with Crippen LogP contribution in [0.2, 0.25) is 0 Å². The van der Waals surface area contributed by atoms with E-state index in [0.29, 0.717) is 12.4 Å². The van der Waals surface area contributed by atoms with Gasteiger partial charge in [0.25, 0.3) is 5.56 Å². The molecule has 1 aliphatic rings. The minimum Gasteiger partial charge on any atom is -0.370 e. The minimum absolute atomic E-state index is 0.0402. The van der Waals surface area contributed by atoms with Crippen molar-refractivity contribution in [3.63, 3.8) is 0 Å². The van der Waals surface area contributed by atoms with E-state index in [0.717, 1.165) is 37.2 Å². The molecule has 0 aliphatic carbocycles. The summed E-state index contributed by atoms with van der Waals surface area (Å²) in [6, 6.07) is 0. The Labute approximate surface area is 107 Å². The number of aromatic amines is 1. The molecule has 2 heterocycles. The van der Waals surface area contributed by atoms with Crippen molar-refractivity contribution in [3.05, 3.63) is 21.7 Å². The maximum Gasteiger partial charge on any atom is 0.256 e. The Morgan fingerprint density at radius 2 is 2.22 bits per heavy atom. The third kappa shape index (κ3) is 2.27. The van der Waals surface area contributed by atoms with Crippen LogP contribution in [-0.4, -0.2) is 23.1 Å². The zero-order valence-electron chi connectivity index (χ0n) is 11.3. The lowest BCUT2D eigenvalue weighted by Crippen LogP contribution is -2.33. The lowest BCUT2D eigenvalue weighted by Gasteiger charge is -2.28. The first-order valence-corrected chi connectivity index (χ1v) is 6.62. The van der Waals surface area contributed by atoms with Gasteiger partial charge in [0, 0.05) is 13.2 Å². The fourth-order valence-electron chi connectivity index (χ4n) is 2.25. The van der Waals surface area contributed by atoms with Crippen molar-refractivity contribution < 1.29 is 4.74 Å². The first-order chi connectivity index (χ1) is 8.60. The molecule has 0 aromatic carbocycles. The van der Waals surface area contributed by atoms with Gasteiger partial charge < -0.3 is 15.0 Å². The number of fused-ring (bicyclic) bond motifs is 1. The first-order valence-electron chi connectivity index (χ1n) is 6.62. The van der Waals surface area contributed by atoms with Gasteiger partial charge in [0.1, 0.15) is 17.2 Å². The van der Waals surface area contributed by atoms with E-state index in [9.17, 15) is 4.79 Å². The van der Waals surface area contributed by atoms with Gasteiger partial charge in [-0.05, 0) is 33.1 Å². The van der Waals surface area contributed by atoms with Gasteiger partial charge in [0.2, 0.25) is 0 Å². The summed E-state index contributed by atoms with van der Waals surface area (Å²) in [5.41, 5.74) is 0.198. The molecule has 0 amide bonds. The standard InChI is InChI=1S/C13H21N3O2/c1-4-13(3,18-5-2)12-15-10-9(11(17)16-12)7-6-8-14-10/h4-8H2,1-3H3,(H2,14,15,16,17). The molecule has 5 heteroatoms. The number of ether oxygens (including phenoxy) is 1. The van der Waals surface area contributed by atoms with Gasteiger partial charge in [0.05, 0.1) is 5.56 Å². The number of rotatable bonds is 4. The van der Waals surface area contributed by atoms with Gasteiger partial charge in [-0.2, -0.15) is 0 Å². The number of aromatic nitrogens is 2. The second kappa shape index (κ2) is 5.10. The molecule has 18 heavy (non-hydrogen) atoms. The van der Waals surface area contributed by atoms with Crippen LogP contribution in [-0.2, 0) is 16.8 Å². The molecule has 0 saturated carbocycles. The number of nitrogens with one attached hydrogen (secondary N) is 2. The summed E-state index contributed by atoms with van der Waals surface area (Å²) in [7, 11) is 0. The van der Waals surface area contributed by atoms with Crippen LogP contribution in [0.4, 0.5) is 5.82 Å². The average Bonchev–Trinajstić information content (AvgIpc) is 2.39. The quantitative estimate of drug-likeness (QED) is 0.856. The maximum absolute atomic E-state index is 12.1. The van der Waals surface area contributed by atoms with Crippen molar-refractivity contribution in [1.82, 2.24) is 9.97 Å². The molecule has 100 valence electrons. The molecule has 0 radical (unpaired) electrons. The van der Waals surface area contributed by atoms with Gasteiger partial charge in [0.15, 0.2) is 0 Å². The molecule has 1 aromatic heterocycles. The van der Waals surface area contributed by atoms with Crippen molar-refractivity contribution in [2.75, 3.05) is 18.5 Å². The van der Waals surface area contributed by atoms with Crippen LogP contribution < -0.4 is 10.9 Å². The van der Waals surface area contributed by atoms with E-state index in [1.54, 1.807) is 0 Å². The lowest BCUT2D eigenvalue weighted by atomic mass is 10.0. The summed E-state index contributed by atoms with van der Waals surface area (Å²) in [4.78, 5) is 19.5. The third-order valence-electron chi connectivity index (χ3n) is 3.55. The van der Waals surface area contributed by atoms with Crippen molar-refractivity contribution in [1.29, 1.82) is 0 Å². The zero-order chi connectivity index (χ0) is 13.2. The fourth-order valence-corrected chi connectivity index (χ4v) is 2.25. The number of hydrogen-bond acceptors (Lipinski definition) is 4. The molecule has 0 bridgehead atoms. The Kier molecular flexibility index (Phi) is 3.71. The minimum atomic E-state index is -0.526. The molecule has 1 aliphatic heterocycles. The van der Waals surface area contributed by atoms with Crippen LogP contribution in [0.25, 0.3) is 0 Å². The Bertz CT molecular complexity index is 484. The van der Waals surface area contributed by atoms with Gasteiger partial charge in [-0.15, -0.1) is 0 Å². The molecule has 1 atom stereocenters. The summed E-state index contributed by atoms with van der Waals surface area (Å²) < 4.78 is 5.75. The summed E-state index contributed by atoms with van der Waals surface area (Å²) in [6.45, 7) is 7.41. The van der Waals surface area contributed by atoms with Gasteiger partial charge in [-0.3, -0.25) is 4.79 Å². The summed E-state index contributed by atoms with van der Waals surface area (Å²) >= 11 is 0. The molecule has 0 saturated heterocycles. The van der Waals surface area contributed by atoms with Gasteiger partial charge >= 0.3 is 0 Å². The second-order valence-electron chi connectivity index (χ2n) is 4.79. The fraction of sp³-hybridized carbons (Fsp3) is 0.692. The first kappa shape index (κ1) is 13.1. The Balaban J connectivity index is 2.46.